The van der Waals surface area contributed by atoms with Crippen LogP contribution in [0.1, 0.15) is 25.0 Å². The highest BCUT2D eigenvalue weighted by Gasteiger charge is 2.31. The lowest BCUT2D eigenvalue weighted by Crippen LogP contribution is -2.41. The molecular formula is C14H17F4NO2. The molecule has 0 radical (unpaired) electrons. The molecular weight excluding hydrogens is 290 g/mol. The van der Waals surface area contributed by atoms with Crippen LogP contribution in [0.3, 0.4) is 0 Å². The van der Waals surface area contributed by atoms with Gasteiger partial charge < -0.3 is 10.1 Å². The van der Waals surface area contributed by atoms with E-state index in [9.17, 15) is 22.4 Å². The second-order valence-corrected chi connectivity index (χ2v) is 4.97. The van der Waals surface area contributed by atoms with E-state index in [0.717, 1.165) is 12.1 Å². The maximum absolute atomic E-state index is 13.2. The molecule has 0 heterocycles. The number of benzene rings is 1. The summed E-state index contributed by atoms with van der Waals surface area (Å²) in [4.78, 5) is 11.5. The van der Waals surface area contributed by atoms with Crippen LogP contribution in [0.25, 0.3) is 0 Å². The predicted octanol–water partition coefficient (Wildman–Crippen LogP) is 3.13. The summed E-state index contributed by atoms with van der Waals surface area (Å²) in [6, 6.07) is 1.61. The topological polar surface area (TPSA) is 38.3 Å². The Morgan fingerprint density at radius 3 is 2.38 bits per heavy atom. The quantitative estimate of drug-likeness (QED) is 0.671. The molecule has 0 saturated carbocycles. The summed E-state index contributed by atoms with van der Waals surface area (Å²) in [7, 11) is 1.23. The number of ether oxygens (including phenoxy) is 1. The van der Waals surface area contributed by atoms with E-state index < -0.39 is 29.6 Å². The molecule has 0 aromatic heterocycles. The van der Waals surface area contributed by atoms with E-state index in [1.807, 2.05) is 0 Å². The van der Waals surface area contributed by atoms with E-state index in [1.54, 1.807) is 13.8 Å². The first-order valence-corrected chi connectivity index (χ1v) is 6.33. The molecule has 0 aliphatic rings. The number of hydrogen-bond acceptors (Lipinski definition) is 3. The van der Waals surface area contributed by atoms with Crippen molar-refractivity contribution in [2.45, 2.75) is 32.6 Å². The maximum atomic E-state index is 13.2. The number of alkyl halides is 3. The molecule has 21 heavy (non-hydrogen) atoms. The molecule has 1 unspecified atom stereocenters. The third kappa shape index (κ3) is 5.00. The predicted molar refractivity (Wildman–Crippen MR) is 68.9 cm³/mol. The molecule has 1 atom stereocenters. The lowest BCUT2D eigenvalue weighted by molar-refractivity contribution is -0.144. The van der Waals surface area contributed by atoms with Crippen LogP contribution in [0.2, 0.25) is 0 Å². The van der Waals surface area contributed by atoms with Gasteiger partial charge in [-0.3, -0.25) is 4.79 Å². The first kappa shape index (κ1) is 17.4. The largest absolute Gasteiger partial charge is 0.468 e. The van der Waals surface area contributed by atoms with Gasteiger partial charge in [0.05, 0.1) is 12.7 Å². The van der Waals surface area contributed by atoms with Crippen molar-refractivity contribution in [3.8, 4) is 0 Å². The normalized spacial score (nSPS) is 13.3. The Kier molecular flexibility index (Phi) is 5.71. The van der Waals surface area contributed by atoms with Crippen molar-refractivity contribution in [3.05, 3.63) is 35.1 Å². The van der Waals surface area contributed by atoms with Crippen LogP contribution in [0.4, 0.5) is 17.6 Å². The van der Waals surface area contributed by atoms with Gasteiger partial charge in [-0.1, -0.05) is 13.8 Å². The Labute approximate surface area is 120 Å². The zero-order chi connectivity index (χ0) is 16.2. The van der Waals surface area contributed by atoms with Crippen molar-refractivity contribution >= 4 is 5.97 Å². The highest BCUT2D eigenvalue weighted by Crippen LogP contribution is 2.30. The van der Waals surface area contributed by atoms with Gasteiger partial charge in [0.15, 0.2) is 0 Å². The van der Waals surface area contributed by atoms with E-state index in [-0.39, 0.29) is 18.0 Å². The first-order valence-electron chi connectivity index (χ1n) is 6.33. The second-order valence-electron chi connectivity index (χ2n) is 4.97. The number of halogens is 4. The summed E-state index contributed by atoms with van der Waals surface area (Å²) in [6.07, 6.45) is -4.61. The van der Waals surface area contributed by atoms with Gasteiger partial charge in [-0.25, -0.2) is 4.39 Å². The molecule has 0 aliphatic carbocycles. The Hall–Kier alpha value is -1.63. The fourth-order valence-corrected chi connectivity index (χ4v) is 1.86. The van der Waals surface area contributed by atoms with Gasteiger partial charge in [-0.2, -0.15) is 13.2 Å². The minimum atomic E-state index is -4.61. The Bertz CT molecular complexity index is 500. The van der Waals surface area contributed by atoms with Gasteiger partial charge in [0.1, 0.15) is 11.9 Å². The van der Waals surface area contributed by atoms with Crippen LogP contribution in [0, 0.1) is 11.7 Å². The maximum Gasteiger partial charge on any atom is 0.416 e. The molecule has 3 nitrogen and oxygen atoms in total. The summed E-state index contributed by atoms with van der Waals surface area (Å²) >= 11 is 0. The SMILES string of the molecule is COC(=O)C(NCc1cc(F)cc(C(F)(F)F)c1)C(C)C. The highest BCUT2D eigenvalue weighted by molar-refractivity contribution is 5.75. The summed E-state index contributed by atoms with van der Waals surface area (Å²) in [5, 5.41) is 2.78. The number of nitrogens with one attached hydrogen (secondary N) is 1. The van der Waals surface area contributed by atoms with Crippen LogP contribution in [0.5, 0.6) is 0 Å². The molecule has 0 aliphatic heterocycles. The number of carbonyl (C=O) groups is 1. The van der Waals surface area contributed by atoms with Gasteiger partial charge in [0.25, 0.3) is 0 Å². The van der Waals surface area contributed by atoms with Gasteiger partial charge in [-0.15, -0.1) is 0 Å². The number of carbonyl (C=O) groups excluding carboxylic acids is 1. The molecule has 0 amide bonds. The van der Waals surface area contributed by atoms with E-state index in [0.29, 0.717) is 6.07 Å². The fraction of sp³-hybridized carbons (Fsp3) is 0.500. The van der Waals surface area contributed by atoms with E-state index in [2.05, 4.69) is 10.1 Å². The molecule has 1 N–H and O–H groups in total. The second kappa shape index (κ2) is 6.89. The number of rotatable bonds is 5. The third-order valence-corrected chi connectivity index (χ3v) is 2.93. The molecule has 0 bridgehead atoms. The highest BCUT2D eigenvalue weighted by atomic mass is 19.4. The van der Waals surface area contributed by atoms with Crippen molar-refractivity contribution in [2.75, 3.05) is 7.11 Å². The molecule has 0 saturated heterocycles. The molecule has 1 aromatic rings. The molecule has 0 spiro atoms. The first-order chi connectivity index (χ1) is 9.65. The van der Waals surface area contributed by atoms with Crippen LogP contribution < -0.4 is 5.32 Å². The summed E-state index contributed by atoms with van der Waals surface area (Å²) in [5.41, 5.74) is -0.949. The van der Waals surface area contributed by atoms with Crippen molar-refractivity contribution in [2.24, 2.45) is 5.92 Å². The molecule has 7 heteroatoms. The number of hydrogen-bond donors (Lipinski definition) is 1. The van der Waals surface area contributed by atoms with E-state index in [1.165, 1.54) is 7.11 Å². The zero-order valence-corrected chi connectivity index (χ0v) is 11.9. The molecule has 1 rings (SSSR count). The Morgan fingerprint density at radius 2 is 1.90 bits per heavy atom. The summed E-state index contributed by atoms with van der Waals surface area (Å²) in [6.45, 7) is 3.46. The lowest BCUT2D eigenvalue weighted by atomic mass is 10.0. The van der Waals surface area contributed by atoms with Crippen molar-refractivity contribution in [3.63, 3.8) is 0 Å². The minimum Gasteiger partial charge on any atom is -0.468 e. The van der Waals surface area contributed by atoms with Crippen LogP contribution >= 0.6 is 0 Å². The summed E-state index contributed by atoms with van der Waals surface area (Å²) in [5.74, 6) is -1.61. The molecule has 118 valence electrons. The average molecular weight is 307 g/mol. The van der Waals surface area contributed by atoms with E-state index in [4.69, 9.17) is 0 Å². The van der Waals surface area contributed by atoms with Gasteiger partial charge in [0, 0.05) is 6.54 Å². The summed E-state index contributed by atoms with van der Waals surface area (Å²) < 4.78 is 55.6. The molecule has 0 fully saturated rings. The third-order valence-electron chi connectivity index (χ3n) is 2.93. The van der Waals surface area contributed by atoms with Gasteiger partial charge in [0.2, 0.25) is 0 Å². The van der Waals surface area contributed by atoms with Crippen molar-refractivity contribution in [1.29, 1.82) is 0 Å². The monoisotopic (exact) mass is 307 g/mol. The molecule has 1 aromatic carbocycles. The standard InChI is InChI=1S/C14H17F4NO2/c1-8(2)12(13(20)21-3)19-7-9-4-10(14(16,17)18)6-11(15)5-9/h4-6,8,12,19H,7H2,1-3H3. The lowest BCUT2D eigenvalue weighted by Gasteiger charge is -2.20. The van der Waals surface area contributed by atoms with Crippen molar-refractivity contribution in [1.82, 2.24) is 5.32 Å². The van der Waals surface area contributed by atoms with Crippen molar-refractivity contribution < 1.29 is 27.1 Å². The average Bonchev–Trinajstić information content (AvgIpc) is 2.36. The Balaban J connectivity index is 2.88. The fourth-order valence-electron chi connectivity index (χ4n) is 1.86. The van der Waals surface area contributed by atoms with Crippen LogP contribution in [-0.4, -0.2) is 19.1 Å². The van der Waals surface area contributed by atoms with Gasteiger partial charge >= 0.3 is 12.1 Å². The smallest absolute Gasteiger partial charge is 0.416 e. The number of methoxy groups -OCH3 is 1. The minimum absolute atomic E-state index is 0.0706. The van der Waals surface area contributed by atoms with Crippen LogP contribution in [0.15, 0.2) is 18.2 Å². The Morgan fingerprint density at radius 1 is 1.29 bits per heavy atom. The van der Waals surface area contributed by atoms with Crippen LogP contribution in [-0.2, 0) is 22.3 Å². The number of esters is 1. The van der Waals surface area contributed by atoms with E-state index >= 15 is 0 Å². The zero-order valence-electron chi connectivity index (χ0n) is 11.9. The van der Waals surface area contributed by atoms with Gasteiger partial charge in [-0.05, 0) is 29.7 Å².